The third-order valence-electron chi connectivity index (χ3n) is 3.62. The van der Waals surface area contributed by atoms with Crippen molar-refractivity contribution in [3.05, 3.63) is 58.2 Å². The van der Waals surface area contributed by atoms with E-state index in [1.165, 1.54) is 6.07 Å². The summed E-state index contributed by atoms with van der Waals surface area (Å²) in [6.07, 6.45) is 0.824. The molecule has 3 nitrogen and oxygen atoms in total. The third kappa shape index (κ3) is 3.45. The molecule has 2 rings (SSSR count). The minimum Gasteiger partial charge on any atom is -0.306 e. The van der Waals surface area contributed by atoms with Crippen molar-refractivity contribution in [3.63, 3.8) is 0 Å². The Balaban J connectivity index is 2.55. The normalized spacial score (nSPS) is 12.4. The quantitative estimate of drug-likeness (QED) is 0.914. The van der Waals surface area contributed by atoms with Gasteiger partial charge in [-0.25, -0.2) is 4.39 Å². The van der Waals surface area contributed by atoms with Crippen LogP contribution in [0.25, 0.3) is 0 Å². The van der Waals surface area contributed by atoms with Crippen LogP contribution in [0.1, 0.15) is 48.0 Å². The number of halogens is 1. The Morgan fingerprint density at radius 2 is 1.86 bits per heavy atom. The van der Waals surface area contributed by atoms with Crippen LogP contribution in [0.4, 0.5) is 4.39 Å². The number of nitrogens with one attached hydrogen (secondary N) is 1. The summed E-state index contributed by atoms with van der Waals surface area (Å²) in [6, 6.07) is 7.03. The summed E-state index contributed by atoms with van der Waals surface area (Å²) in [7, 11) is 0. The maximum atomic E-state index is 13.4. The Labute approximate surface area is 125 Å². The standard InChI is InChI=1S/C17H22FN3/c1-5-16-15(10-12(4)20-21-16)17(19-6-2)14-8-7-13(18)9-11(14)3/h7-10,17,19H,5-6H2,1-4H3. The molecule has 1 aromatic heterocycles. The first-order chi connectivity index (χ1) is 10.1. The summed E-state index contributed by atoms with van der Waals surface area (Å²) in [5, 5.41) is 11.9. The lowest BCUT2D eigenvalue weighted by atomic mass is 9.93. The van der Waals surface area contributed by atoms with Crippen molar-refractivity contribution in [2.45, 2.75) is 40.2 Å². The monoisotopic (exact) mass is 287 g/mol. The molecule has 0 saturated heterocycles. The van der Waals surface area contributed by atoms with Gasteiger partial charge in [0, 0.05) is 0 Å². The summed E-state index contributed by atoms with van der Waals surface area (Å²) in [5.41, 5.74) is 5.03. The van der Waals surface area contributed by atoms with Crippen molar-refractivity contribution in [1.29, 1.82) is 0 Å². The van der Waals surface area contributed by atoms with E-state index in [1.807, 2.05) is 19.9 Å². The smallest absolute Gasteiger partial charge is 0.123 e. The molecule has 1 unspecified atom stereocenters. The molecule has 0 aliphatic heterocycles. The number of benzene rings is 1. The van der Waals surface area contributed by atoms with Gasteiger partial charge in [-0.15, -0.1) is 0 Å². The summed E-state index contributed by atoms with van der Waals surface area (Å²) < 4.78 is 13.4. The first kappa shape index (κ1) is 15.6. The van der Waals surface area contributed by atoms with Gasteiger partial charge < -0.3 is 5.32 Å². The van der Waals surface area contributed by atoms with Crippen LogP contribution in [-0.4, -0.2) is 16.7 Å². The first-order valence-electron chi connectivity index (χ1n) is 7.39. The van der Waals surface area contributed by atoms with Gasteiger partial charge >= 0.3 is 0 Å². The molecule has 0 bridgehead atoms. The lowest BCUT2D eigenvalue weighted by Gasteiger charge is -2.23. The maximum Gasteiger partial charge on any atom is 0.123 e. The number of nitrogens with zero attached hydrogens (tertiary/aromatic N) is 2. The fourth-order valence-corrected chi connectivity index (χ4v) is 2.61. The molecule has 0 amide bonds. The van der Waals surface area contributed by atoms with E-state index in [2.05, 4.69) is 35.4 Å². The summed E-state index contributed by atoms with van der Waals surface area (Å²) in [4.78, 5) is 0. The zero-order chi connectivity index (χ0) is 15.4. The zero-order valence-electron chi connectivity index (χ0n) is 13.1. The molecule has 2 aromatic rings. The molecule has 1 heterocycles. The van der Waals surface area contributed by atoms with Crippen molar-refractivity contribution in [3.8, 4) is 0 Å². The van der Waals surface area contributed by atoms with Gasteiger partial charge in [0.15, 0.2) is 0 Å². The predicted molar refractivity (Wildman–Crippen MR) is 82.8 cm³/mol. The first-order valence-corrected chi connectivity index (χ1v) is 7.39. The fraction of sp³-hybridized carbons (Fsp3) is 0.412. The van der Waals surface area contributed by atoms with Crippen molar-refractivity contribution < 1.29 is 4.39 Å². The van der Waals surface area contributed by atoms with E-state index in [0.29, 0.717) is 0 Å². The summed E-state index contributed by atoms with van der Waals surface area (Å²) in [5.74, 6) is -0.203. The molecule has 1 N–H and O–H groups in total. The molecule has 0 aliphatic rings. The van der Waals surface area contributed by atoms with Gasteiger partial charge in [-0.05, 0) is 61.7 Å². The largest absolute Gasteiger partial charge is 0.306 e. The Morgan fingerprint density at radius 1 is 1.10 bits per heavy atom. The van der Waals surface area contributed by atoms with Crippen molar-refractivity contribution in [2.75, 3.05) is 6.54 Å². The molecule has 0 aliphatic carbocycles. The Bertz CT molecular complexity index is 625. The van der Waals surface area contributed by atoms with Crippen molar-refractivity contribution >= 4 is 0 Å². The highest BCUT2D eigenvalue weighted by Gasteiger charge is 2.19. The molecule has 0 saturated carbocycles. The molecule has 1 aromatic carbocycles. The average Bonchev–Trinajstić information content (AvgIpc) is 2.45. The highest BCUT2D eigenvalue weighted by atomic mass is 19.1. The van der Waals surface area contributed by atoms with Crippen molar-refractivity contribution in [2.24, 2.45) is 0 Å². The lowest BCUT2D eigenvalue weighted by molar-refractivity contribution is 0.602. The molecule has 0 fully saturated rings. The van der Waals surface area contributed by atoms with E-state index < -0.39 is 0 Å². The fourth-order valence-electron chi connectivity index (χ4n) is 2.61. The van der Waals surface area contributed by atoms with E-state index in [1.54, 1.807) is 6.07 Å². The highest BCUT2D eigenvalue weighted by Crippen LogP contribution is 2.27. The SMILES string of the molecule is CCNC(c1ccc(F)cc1C)c1cc(C)nnc1CC. The van der Waals surface area contributed by atoms with Crippen LogP contribution in [0.2, 0.25) is 0 Å². The van der Waals surface area contributed by atoms with E-state index in [-0.39, 0.29) is 11.9 Å². The second-order valence-electron chi connectivity index (χ2n) is 5.23. The van der Waals surface area contributed by atoms with Crippen molar-refractivity contribution in [1.82, 2.24) is 15.5 Å². The van der Waals surface area contributed by atoms with Gasteiger partial charge in [0.2, 0.25) is 0 Å². The Morgan fingerprint density at radius 3 is 2.48 bits per heavy atom. The minimum absolute atomic E-state index is 0.0137. The molecule has 112 valence electrons. The molecule has 4 heteroatoms. The number of aromatic nitrogens is 2. The van der Waals surface area contributed by atoms with Gasteiger partial charge in [-0.2, -0.15) is 10.2 Å². The summed E-state index contributed by atoms with van der Waals surface area (Å²) in [6.45, 7) is 8.85. The van der Waals surface area contributed by atoms with Crippen LogP contribution in [0.5, 0.6) is 0 Å². The van der Waals surface area contributed by atoms with E-state index >= 15 is 0 Å². The van der Waals surface area contributed by atoms with Gasteiger partial charge in [0.1, 0.15) is 5.82 Å². The van der Waals surface area contributed by atoms with Crippen LogP contribution >= 0.6 is 0 Å². The predicted octanol–water partition coefficient (Wildman–Crippen LogP) is 3.49. The molecular formula is C17H22FN3. The zero-order valence-corrected chi connectivity index (χ0v) is 13.1. The second kappa shape index (κ2) is 6.76. The molecule has 1 atom stereocenters. The lowest BCUT2D eigenvalue weighted by Crippen LogP contribution is -2.24. The Kier molecular flexibility index (Phi) is 5.02. The minimum atomic E-state index is -0.203. The van der Waals surface area contributed by atoms with Gasteiger partial charge in [-0.3, -0.25) is 0 Å². The molecular weight excluding hydrogens is 265 g/mol. The van der Waals surface area contributed by atoms with Gasteiger partial charge in [0.05, 0.1) is 17.4 Å². The molecule has 0 spiro atoms. The third-order valence-corrected chi connectivity index (χ3v) is 3.62. The van der Waals surface area contributed by atoms with Crippen LogP contribution in [0.3, 0.4) is 0 Å². The number of aryl methyl sites for hydroxylation is 3. The number of hydrogen-bond donors (Lipinski definition) is 1. The van der Waals surface area contributed by atoms with E-state index in [4.69, 9.17) is 0 Å². The topological polar surface area (TPSA) is 37.8 Å². The maximum absolute atomic E-state index is 13.4. The van der Waals surface area contributed by atoms with Crippen LogP contribution in [0.15, 0.2) is 24.3 Å². The van der Waals surface area contributed by atoms with Crippen LogP contribution < -0.4 is 5.32 Å². The van der Waals surface area contributed by atoms with Crippen LogP contribution in [-0.2, 0) is 6.42 Å². The number of hydrogen-bond acceptors (Lipinski definition) is 3. The molecule has 21 heavy (non-hydrogen) atoms. The van der Waals surface area contributed by atoms with Gasteiger partial charge in [0.25, 0.3) is 0 Å². The Hall–Kier alpha value is -1.81. The summed E-state index contributed by atoms with van der Waals surface area (Å²) >= 11 is 0. The van der Waals surface area contributed by atoms with E-state index in [9.17, 15) is 4.39 Å². The molecule has 0 radical (unpaired) electrons. The van der Waals surface area contributed by atoms with E-state index in [0.717, 1.165) is 41.0 Å². The van der Waals surface area contributed by atoms with Crippen LogP contribution in [0, 0.1) is 19.7 Å². The second-order valence-corrected chi connectivity index (χ2v) is 5.23. The number of rotatable bonds is 5. The average molecular weight is 287 g/mol. The van der Waals surface area contributed by atoms with Gasteiger partial charge in [-0.1, -0.05) is 19.9 Å². The highest BCUT2D eigenvalue weighted by molar-refractivity contribution is 5.39.